The second kappa shape index (κ2) is 5.88. The lowest BCUT2D eigenvalue weighted by Gasteiger charge is -2.29. The predicted octanol–water partition coefficient (Wildman–Crippen LogP) is 4.72. The van der Waals surface area contributed by atoms with Gasteiger partial charge in [-0.1, -0.05) is 28.1 Å². The Morgan fingerprint density at radius 1 is 1.00 bits per heavy atom. The number of nitrogen functional groups attached to an aromatic ring is 1. The highest BCUT2D eigenvalue weighted by molar-refractivity contribution is 9.10. The number of hydrogen-bond donors (Lipinski definition) is 1. The molecule has 1 atom stereocenters. The van der Waals surface area contributed by atoms with Crippen LogP contribution in [0.4, 0.5) is 5.82 Å². The average Bonchev–Trinajstić information content (AvgIpc) is 2.67. The molecule has 0 bridgehead atoms. The van der Waals surface area contributed by atoms with Crippen molar-refractivity contribution >= 4 is 32.5 Å². The van der Waals surface area contributed by atoms with E-state index in [4.69, 9.17) is 10.7 Å². The Labute approximate surface area is 159 Å². The summed E-state index contributed by atoms with van der Waals surface area (Å²) < 4.78 is 1.07. The number of fused-ring (bicyclic) bond motifs is 5. The number of nitrogens with two attached hydrogens (primary N) is 1. The molecule has 3 aromatic heterocycles. The molecule has 0 saturated carbocycles. The summed E-state index contributed by atoms with van der Waals surface area (Å²) in [6.07, 6.45) is 8.30. The van der Waals surface area contributed by atoms with Crippen molar-refractivity contribution in [3.8, 4) is 11.3 Å². The van der Waals surface area contributed by atoms with E-state index in [0.29, 0.717) is 5.82 Å². The molecule has 0 spiro atoms. The number of pyridine rings is 3. The maximum Gasteiger partial charge on any atom is 0.132 e. The van der Waals surface area contributed by atoms with Gasteiger partial charge in [0.25, 0.3) is 0 Å². The minimum absolute atomic E-state index is 0.180. The Balaban J connectivity index is 1.88. The van der Waals surface area contributed by atoms with Crippen LogP contribution in [0, 0.1) is 0 Å². The van der Waals surface area contributed by atoms with Crippen molar-refractivity contribution in [1.29, 1.82) is 0 Å². The fourth-order valence-corrected chi connectivity index (χ4v) is 4.33. The van der Waals surface area contributed by atoms with E-state index in [1.807, 2.05) is 36.8 Å². The van der Waals surface area contributed by atoms with Gasteiger partial charge in [-0.3, -0.25) is 9.97 Å². The van der Waals surface area contributed by atoms with Crippen molar-refractivity contribution in [1.82, 2.24) is 15.0 Å². The van der Waals surface area contributed by atoms with E-state index >= 15 is 0 Å². The zero-order valence-corrected chi connectivity index (χ0v) is 15.4. The Hall–Kier alpha value is -2.79. The molecular weight excluding hydrogens is 388 g/mol. The van der Waals surface area contributed by atoms with Crippen LogP contribution in [0.3, 0.4) is 0 Å². The molecule has 2 N–H and O–H groups in total. The molecule has 3 heterocycles. The van der Waals surface area contributed by atoms with E-state index in [2.05, 4.69) is 44.1 Å². The molecule has 0 saturated heterocycles. The molecule has 26 heavy (non-hydrogen) atoms. The fraction of sp³-hybridized carbons (Fsp3) is 0.0952. The zero-order valence-electron chi connectivity index (χ0n) is 13.9. The van der Waals surface area contributed by atoms with Crippen LogP contribution < -0.4 is 5.73 Å². The van der Waals surface area contributed by atoms with Gasteiger partial charge in [-0.15, -0.1) is 0 Å². The number of anilines is 1. The summed E-state index contributed by atoms with van der Waals surface area (Å²) in [5.74, 6) is 0.720. The molecule has 1 aliphatic rings. The number of rotatable bonds is 1. The van der Waals surface area contributed by atoms with Crippen LogP contribution in [0.1, 0.15) is 22.6 Å². The smallest absolute Gasteiger partial charge is 0.132 e. The van der Waals surface area contributed by atoms with Crippen LogP contribution in [0.2, 0.25) is 0 Å². The summed E-state index contributed by atoms with van der Waals surface area (Å²) >= 11 is 3.60. The summed E-state index contributed by atoms with van der Waals surface area (Å²) in [7, 11) is 0. The summed E-state index contributed by atoms with van der Waals surface area (Å²) in [6, 6.07) is 12.4. The van der Waals surface area contributed by atoms with Crippen LogP contribution in [0.5, 0.6) is 0 Å². The summed E-state index contributed by atoms with van der Waals surface area (Å²) in [6.45, 7) is 0. The first-order chi connectivity index (χ1) is 12.7. The molecule has 1 aliphatic carbocycles. The Bertz CT molecular complexity index is 1160. The predicted molar refractivity (Wildman–Crippen MR) is 107 cm³/mol. The molecule has 0 fully saturated rings. The van der Waals surface area contributed by atoms with Gasteiger partial charge >= 0.3 is 0 Å². The number of aromatic nitrogens is 3. The summed E-state index contributed by atoms with van der Waals surface area (Å²) in [5, 5.41) is 2.03. The van der Waals surface area contributed by atoms with Gasteiger partial charge in [0.2, 0.25) is 0 Å². The topological polar surface area (TPSA) is 64.7 Å². The first kappa shape index (κ1) is 15.5. The van der Waals surface area contributed by atoms with Crippen LogP contribution in [-0.4, -0.2) is 15.0 Å². The van der Waals surface area contributed by atoms with Crippen molar-refractivity contribution < 1.29 is 0 Å². The second-order valence-electron chi connectivity index (χ2n) is 6.53. The molecule has 5 rings (SSSR count). The Morgan fingerprint density at radius 3 is 2.73 bits per heavy atom. The third-order valence-electron chi connectivity index (χ3n) is 5.06. The van der Waals surface area contributed by atoms with Crippen LogP contribution in [0.25, 0.3) is 22.0 Å². The lowest BCUT2D eigenvalue weighted by atomic mass is 9.77. The average molecular weight is 403 g/mol. The summed E-state index contributed by atoms with van der Waals surface area (Å²) in [4.78, 5) is 13.5. The Kier molecular flexibility index (Phi) is 3.50. The van der Waals surface area contributed by atoms with Crippen molar-refractivity contribution in [2.24, 2.45) is 0 Å². The molecule has 5 heteroatoms. The number of hydrogen-bond acceptors (Lipinski definition) is 4. The maximum atomic E-state index is 6.28. The van der Waals surface area contributed by atoms with Crippen molar-refractivity contribution in [3.63, 3.8) is 0 Å². The van der Waals surface area contributed by atoms with Crippen molar-refractivity contribution in [2.45, 2.75) is 12.3 Å². The van der Waals surface area contributed by atoms with E-state index < -0.39 is 0 Å². The van der Waals surface area contributed by atoms with Crippen molar-refractivity contribution in [2.75, 3.05) is 5.73 Å². The van der Waals surface area contributed by atoms with Gasteiger partial charge < -0.3 is 5.73 Å². The molecule has 1 unspecified atom stereocenters. The maximum absolute atomic E-state index is 6.28. The molecule has 0 radical (unpaired) electrons. The molecule has 4 nitrogen and oxygen atoms in total. The van der Waals surface area contributed by atoms with Gasteiger partial charge in [0.1, 0.15) is 5.82 Å². The highest BCUT2D eigenvalue weighted by Crippen LogP contribution is 2.45. The largest absolute Gasteiger partial charge is 0.383 e. The van der Waals surface area contributed by atoms with Gasteiger partial charge in [-0.25, -0.2) is 4.98 Å². The van der Waals surface area contributed by atoms with Gasteiger partial charge in [-0.2, -0.15) is 0 Å². The van der Waals surface area contributed by atoms with E-state index in [1.54, 1.807) is 6.20 Å². The molecule has 4 aromatic rings. The number of benzene rings is 1. The standard InChI is InChI=1S/C21H15BrN4/c22-14-3-1-2-12(8-14)17-9-13-10-24-6-4-15(13)20-19(17)18-11-25-7-5-16(18)21(23)26-20/h1-8,10-11,17H,9H2,(H2,23,26). The van der Waals surface area contributed by atoms with Crippen LogP contribution >= 0.6 is 15.9 Å². The highest BCUT2D eigenvalue weighted by Gasteiger charge is 2.30. The molecule has 0 aliphatic heterocycles. The van der Waals surface area contributed by atoms with Gasteiger partial charge in [0, 0.05) is 51.5 Å². The van der Waals surface area contributed by atoms with Gasteiger partial charge in [0.05, 0.1) is 5.69 Å². The third-order valence-corrected chi connectivity index (χ3v) is 5.55. The Morgan fingerprint density at radius 2 is 1.85 bits per heavy atom. The van der Waals surface area contributed by atoms with Gasteiger partial charge in [-0.05, 0) is 47.4 Å². The first-order valence-corrected chi connectivity index (χ1v) is 9.23. The lowest BCUT2D eigenvalue weighted by Crippen LogP contribution is -2.16. The molecule has 1 aromatic carbocycles. The summed E-state index contributed by atoms with van der Waals surface area (Å²) in [5.41, 5.74) is 12.0. The third kappa shape index (κ3) is 2.31. The minimum Gasteiger partial charge on any atom is -0.383 e. The van der Waals surface area contributed by atoms with Crippen LogP contribution in [0.15, 0.2) is 65.7 Å². The molecule has 0 amide bonds. The lowest BCUT2D eigenvalue weighted by molar-refractivity contribution is 0.789. The quantitative estimate of drug-likeness (QED) is 0.499. The molecular formula is C21H15BrN4. The SMILES string of the molecule is Nc1nc2c(c3cnccc13)C(c1cccc(Br)c1)Cc1cnccc1-2. The second-order valence-corrected chi connectivity index (χ2v) is 7.44. The normalized spacial score (nSPS) is 15.5. The van der Waals surface area contributed by atoms with E-state index in [1.165, 1.54) is 16.7 Å². The monoisotopic (exact) mass is 402 g/mol. The minimum atomic E-state index is 0.180. The number of halogens is 1. The zero-order chi connectivity index (χ0) is 17.7. The number of nitrogens with zero attached hydrogens (tertiary/aromatic N) is 3. The van der Waals surface area contributed by atoms with E-state index in [0.717, 1.165) is 32.9 Å². The van der Waals surface area contributed by atoms with Gasteiger partial charge in [0.15, 0.2) is 0 Å². The van der Waals surface area contributed by atoms with E-state index in [-0.39, 0.29) is 5.92 Å². The first-order valence-electron chi connectivity index (χ1n) is 8.44. The van der Waals surface area contributed by atoms with Crippen molar-refractivity contribution in [3.05, 3.63) is 82.3 Å². The fourth-order valence-electron chi connectivity index (χ4n) is 3.91. The van der Waals surface area contributed by atoms with Crippen LogP contribution in [-0.2, 0) is 6.42 Å². The highest BCUT2D eigenvalue weighted by atomic mass is 79.9. The molecule has 126 valence electrons. The van der Waals surface area contributed by atoms with E-state index in [9.17, 15) is 0 Å².